The fraction of sp³-hybridized carbons (Fsp3) is 0.286. The fourth-order valence-corrected chi connectivity index (χ4v) is 8.36. The van der Waals surface area contributed by atoms with Crippen LogP contribution < -0.4 is 0 Å². The zero-order valence-corrected chi connectivity index (χ0v) is 26.5. The van der Waals surface area contributed by atoms with E-state index in [9.17, 15) is 0 Å². The third-order valence-electron chi connectivity index (χ3n) is 10.6. The van der Waals surface area contributed by atoms with Crippen molar-refractivity contribution in [2.45, 2.75) is 79.1 Å². The number of fused-ring (bicyclic) bond motifs is 4. The molecule has 2 heteroatoms. The molecule has 8 rings (SSSR count). The first-order chi connectivity index (χ1) is 21.5. The predicted octanol–water partition coefficient (Wildman–Crippen LogP) is 10.8. The number of hydrogen-bond donors (Lipinski definition) is 0. The summed E-state index contributed by atoms with van der Waals surface area (Å²) in [5.74, 6) is 0. The zero-order valence-electron chi connectivity index (χ0n) is 26.5. The highest BCUT2D eigenvalue weighted by Gasteiger charge is 2.26. The lowest BCUT2D eigenvalue weighted by Crippen LogP contribution is -2.11. The van der Waals surface area contributed by atoms with Gasteiger partial charge in [0.25, 0.3) is 0 Å². The summed E-state index contributed by atoms with van der Waals surface area (Å²) in [6, 6.07) is 27.0. The summed E-state index contributed by atoms with van der Waals surface area (Å²) in [5, 5.41) is 5.05. The van der Waals surface area contributed by atoms with Crippen LogP contribution in [0.1, 0.15) is 70.5 Å². The quantitative estimate of drug-likeness (QED) is 0.211. The van der Waals surface area contributed by atoms with Crippen LogP contribution in [-0.2, 0) is 25.7 Å². The van der Waals surface area contributed by atoms with E-state index in [4.69, 9.17) is 9.97 Å². The minimum atomic E-state index is 1.13. The summed E-state index contributed by atoms with van der Waals surface area (Å²) in [4.78, 5) is 10.8. The molecule has 0 fully saturated rings. The Bertz CT molecular complexity index is 1960. The van der Waals surface area contributed by atoms with E-state index in [2.05, 4.69) is 100 Å². The Kier molecular flexibility index (Phi) is 6.63. The minimum Gasteiger partial charge on any atom is -0.253 e. The second-order valence-corrected chi connectivity index (χ2v) is 13.1. The van der Waals surface area contributed by atoms with E-state index in [1.54, 1.807) is 0 Å². The van der Waals surface area contributed by atoms with Crippen molar-refractivity contribution < 1.29 is 0 Å². The van der Waals surface area contributed by atoms with Gasteiger partial charge in [-0.15, -0.1) is 0 Å². The summed E-state index contributed by atoms with van der Waals surface area (Å²) >= 11 is 0. The van der Waals surface area contributed by atoms with Gasteiger partial charge in [0.2, 0.25) is 0 Å². The van der Waals surface area contributed by atoms with Gasteiger partial charge >= 0.3 is 0 Å². The Hall–Kier alpha value is -4.30. The molecule has 2 aromatic heterocycles. The monoisotopic (exact) mass is 572 g/mol. The Morgan fingerprint density at radius 1 is 0.432 bits per heavy atom. The lowest BCUT2D eigenvalue weighted by atomic mass is 9.81. The number of aromatic nitrogens is 2. The average molecular weight is 573 g/mol. The molecule has 2 aliphatic carbocycles. The van der Waals surface area contributed by atoms with Crippen molar-refractivity contribution in [1.82, 2.24) is 9.97 Å². The smallest absolute Gasteiger partial charge is 0.0743 e. The zero-order chi connectivity index (χ0) is 29.9. The molecule has 218 valence electrons. The fourth-order valence-electron chi connectivity index (χ4n) is 8.36. The van der Waals surface area contributed by atoms with Crippen molar-refractivity contribution in [2.75, 3.05) is 0 Å². The summed E-state index contributed by atoms with van der Waals surface area (Å²) in [7, 11) is 0. The lowest BCUT2D eigenvalue weighted by Gasteiger charge is -2.26. The van der Waals surface area contributed by atoms with Gasteiger partial charge in [0.1, 0.15) is 0 Å². The second-order valence-electron chi connectivity index (χ2n) is 13.1. The van der Waals surface area contributed by atoms with Crippen molar-refractivity contribution in [3.8, 4) is 33.6 Å². The largest absolute Gasteiger partial charge is 0.253 e. The van der Waals surface area contributed by atoms with E-state index in [0.717, 1.165) is 37.1 Å². The Morgan fingerprint density at radius 2 is 0.818 bits per heavy atom. The summed E-state index contributed by atoms with van der Waals surface area (Å²) in [6.07, 6.45) is 9.65. The molecular weight excluding hydrogens is 532 g/mol. The lowest BCUT2D eigenvalue weighted by molar-refractivity contribution is 0.673. The molecule has 4 aromatic carbocycles. The number of nitrogens with zero attached hydrogens (tertiary/aromatic N) is 2. The molecule has 0 saturated heterocycles. The van der Waals surface area contributed by atoms with E-state index >= 15 is 0 Å². The molecule has 0 aliphatic heterocycles. The maximum atomic E-state index is 5.41. The molecule has 2 aliphatic rings. The summed E-state index contributed by atoms with van der Waals surface area (Å²) in [6.45, 7) is 9.07. The van der Waals surface area contributed by atoms with Crippen LogP contribution in [0.3, 0.4) is 0 Å². The number of aryl methyl sites for hydroxylation is 2. The molecule has 0 bridgehead atoms. The number of rotatable bonds is 3. The van der Waals surface area contributed by atoms with Gasteiger partial charge in [-0.3, -0.25) is 9.97 Å². The second kappa shape index (κ2) is 10.7. The highest BCUT2D eigenvalue weighted by atomic mass is 14.7. The van der Waals surface area contributed by atoms with Crippen LogP contribution in [0, 0.1) is 27.7 Å². The molecule has 2 nitrogen and oxygen atoms in total. The van der Waals surface area contributed by atoms with Crippen LogP contribution in [0.15, 0.2) is 72.8 Å². The van der Waals surface area contributed by atoms with Gasteiger partial charge in [0.15, 0.2) is 0 Å². The standard InChI is InChI=1S/C42H40N2/c1-25-31-15-9-11-17-33(31)27(3)43-41(25)37-23-21-29-13-5-7-19-35(29)39(37)40-36-20-8-6-14-30(36)22-24-38(40)42-26(2)32-16-10-12-18-34(32)28(4)44-42/h5-8,13-14,19-24H,9-12,15-18H2,1-4H3. The van der Waals surface area contributed by atoms with Crippen molar-refractivity contribution in [3.05, 3.63) is 118 Å². The van der Waals surface area contributed by atoms with Gasteiger partial charge in [-0.1, -0.05) is 72.8 Å². The Morgan fingerprint density at radius 3 is 1.25 bits per heavy atom. The van der Waals surface area contributed by atoms with E-state index in [1.165, 1.54) is 114 Å². The topological polar surface area (TPSA) is 25.8 Å². The molecule has 0 N–H and O–H groups in total. The van der Waals surface area contributed by atoms with Crippen LogP contribution in [0.25, 0.3) is 55.2 Å². The number of benzene rings is 4. The van der Waals surface area contributed by atoms with E-state index in [1.807, 2.05) is 0 Å². The van der Waals surface area contributed by atoms with Crippen LogP contribution in [0.4, 0.5) is 0 Å². The summed E-state index contributed by atoms with van der Waals surface area (Å²) < 4.78 is 0. The highest BCUT2D eigenvalue weighted by molar-refractivity contribution is 6.14. The maximum Gasteiger partial charge on any atom is 0.0743 e. The van der Waals surface area contributed by atoms with Gasteiger partial charge < -0.3 is 0 Å². The van der Waals surface area contributed by atoms with Gasteiger partial charge in [-0.25, -0.2) is 0 Å². The molecule has 0 spiro atoms. The molecule has 0 radical (unpaired) electrons. The maximum absolute atomic E-state index is 5.41. The van der Waals surface area contributed by atoms with Crippen molar-refractivity contribution in [2.24, 2.45) is 0 Å². The Labute approximate surface area is 261 Å². The molecular formula is C42H40N2. The molecule has 44 heavy (non-hydrogen) atoms. The molecule has 6 aromatic rings. The first kappa shape index (κ1) is 27.3. The van der Waals surface area contributed by atoms with E-state index in [-0.39, 0.29) is 0 Å². The molecule has 0 unspecified atom stereocenters. The Balaban J connectivity index is 1.51. The van der Waals surface area contributed by atoms with Gasteiger partial charge in [0, 0.05) is 33.6 Å². The molecule has 2 heterocycles. The van der Waals surface area contributed by atoms with Crippen molar-refractivity contribution in [1.29, 1.82) is 0 Å². The van der Waals surface area contributed by atoms with Crippen LogP contribution in [0.2, 0.25) is 0 Å². The average Bonchev–Trinajstić information content (AvgIpc) is 3.07. The molecule has 0 saturated carbocycles. The van der Waals surface area contributed by atoms with Crippen molar-refractivity contribution >= 4 is 21.5 Å². The first-order valence-electron chi connectivity index (χ1n) is 16.5. The molecule has 0 amide bonds. The number of pyridine rings is 2. The number of hydrogen-bond acceptors (Lipinski definition) is 2. The molecule has 0 atom stereocenters. The van der Waals surface area contributed by atoms with Gasteiger partial charge in [-0.2, -0.15) is 0 Å². The van der Waals surface area contributed by atoms with E-state index in [0.29, 0.717) is 0 Å². The third-order valence-corrected chi connectivity index (χ3v) is 10.6. The van der Waals surface area contributed by atoms with Gasteiger partial charge in [-0.05, 0) is 134 Å². The SMILES string of the molecule is Cc1nc(-c2ccc3ccccc3c2-c2c(-c3nc(C)c4c(c3C)CCCC4)ccc3ccccc23)c(C)c2c1CCCC2. The van der Waals surface area contributed by atoms with Crippen LogP contribution >= 0.6 is 0 Å². The minimum absolute atomic E-state index is 1.13. The van der Waals surface area contributed by atoms with Crippen LogP contribution in [0.5, 0.6) is 0 Å². The first-order valence-corrected chi connectivity index (χ1v) is 16.5. The van der Waals surface area contributed by atoms with Crippen molar-refractivity contribution in [3.63, 3.8) is 0 Å². The predicted molar refractivity (Wildman–Crippen MR) is 186 cm³/mol. The normalized spacial score (nSPS) is 14.5. The van der Waals surface area contributed by atoms with Gasteiger partial charge in [0.05, 0.1) is 11.4 Å². The third kappa shape index (κ3) is 4.22. The highest BCUT2D eigenvalue weighted by Crippen LogP contribution is 2.47. The summed E-state index contributed by atoms with van der Waals surface area (Å²) in [5.41, 5.74) is 18.4. The van der Waals surface area contributed by atoms with E-state index < -0.39 is 0 Å². The van der Waals surface area contributed by atoms with Crippen LogP contribution in [-0.4, -0.2) is 9.97 Å².